The SMILES string of the molecule is Cc1ccc(-c2cn3cccnc3n2)cc1NC(=O)c1ccc(I)cc1. The van der Waals surface area contributed by atoms with Crippen LogP contribution in [0.25, 0.3) is 17.0 Å². The van der Waals surface area contributed by atoms with Gasteiger partial charge in [0.05, 0.1) is 5.69 Å². The maximum atomic E-state index is 12.5. The van der Waals surface area contributed by atoms with E-state index in [-0.39, 0.29) is 5.91 Å². The van der Waals surface area contributed by atoms with Crippen molar-refractivity contribution in [1.29, 1.82) is 0 Å². The first-order chi connectivity index (χ1) is 12.6. The number of nitrogens with zero attached hydrogens (tertiary/aromatic N) is 3. The van der Waals surface area contributed by atoms with Gasteiger partial charge in [-0.05, 0) is 71.5 Å². The molecule has 2 aromatic carbocycles. The molecule has 0 spiro atoms. The summed E-state index contributed by atoms with van der Waals surface area (Å²) in [7, 11) is 0. The highest BCUT2D eigenvalue weighted by atomic mass is 127. The van der Waals surface area contributed by atoms with Gasteiger partial charge in [0, 0.05) is 39.0 Å². The van der Waals surface area contributed by atoms with Crippen LogP contribution in [0.5, 0.6) is 0 Å². The zero-order valence-corrected chi connectivity index (χ0v) is 16.1. The fourth-order valence-corrected chi connectivity index (χ4v) is 3.04. The largest absolute Gasteiger partial charge is 0.322 e. The number of rotatable bonds is 3. The van der Waals surface area contributed by atoms with Gasteiger partial charge in [0.2, 0.25) is 5.78 Å². The van der Waals surface area contributed by atoms with E-state index in [1.54, 1.807) is 6.20 Å². The Morgan fingerprint density at radius 2 is 1.96 bits per heavy atom. The number of nitrogens with one attached hydrogen (secondary N) is 1. The number of aromatic nitrogens is 3. The Bertz CT molecular complexity index is 1070. The first kappa shape index (κ1) is 16.7. The van der Waals surface area contributed by atoms with Crippen molar-refractivity contribution in [3.8, 4) is 11.3 Å². The monoisotopic (exact) mass is 454 g/mol. The number of halogens is 1. The van der Waals surface area contributed by atoms with Crippen LogP contribution in [0.15, 0.2) is 67.1 Å². The van der Waals surface area contributed by atoms with Gasteiger partial charge in [0.25, 0.3) is 5.91 Å². The summed E-state index contributed by atoms with van der Waals surface area (Å²) in [4.78, 5) is 21.3. The van der Waals surface area contributed by atoms with Crippen molar-refractivity contribution in [2.75, 3.05) is 5.32 Å². The number of hydrogen-bond donors (Lipinski definition) is 1. The molecular weight excluding hydrogens is 439 g/mol. The normalized spacial score (nSPS) is 10.8. The van der Waals surface area contributed by atoms with E-state index in [2.05, 4.69) is 37.9 Å². The number of benzene rings is 2. The van der Waals surface area contributed by atoms with Crippen LogP contribution in [0.2, 0.25) is 0 Å². The number of amides is 1. The Hall–Kier alpha value is -2.74. The highest BCUT2D eigenvalue weighted by Gasteiger charge is 2.11. The topological polar surface area (TPSA) is 59.3 Å². The minimum absolute atomic E-state index is 0.127. The molecule has 2 aromatic heterocycles. The summed E-state index contributed by atoms with van der Waals surface area (Å²) in [6.45, 7) is 1.97. The van der Waals surface area contributed by atoms with Gasteiger partial charge in [-0.25, -0.2) is 9.97 Å². The van der Waals surface area contributed by atoms with Gasteiger partial charge < -0.3 is 5.32 Å². The molecule has 4 aromatic rings. The molecule has 0 saturated heterocycles. The van der Waals surface area contributed by atoms with E-state index < -0.39 is 0 Å². The molecule has 4 rings (SSSR count). The summed E-state index contributed by atoms with van der Waals surface area (Å²) in [5, 5.41) is 3.00. The van der Waals surface area contributed by atoms with Crippen LogP contribution >= 0.6 is 22.6 Å². The van der Waals surface area contributed by atoms with Crippen molar-refractivity contribution in [3.05, 3.63) is 81.8 Å². The summed E-state index contributed by atoms with van der Waals surface area (Å²) < 4.78 is 2.97. The van der Waals surface area contributed by atoms with E-state index in [1.165, 1.54) is 0 Å². The van der Waals surface area contributed by atoms with Gasteiger partial charge in [-0.15, -0.1) is 0 Å². The van der Waals surface area contributed by atoms with Crippen molar-refractivity contribution in [1.82, 2.24) is 14.4 Å². The number of aryl methyl sites for hydroxylation is 1. The smallest absolute Gasteiger partial charge is 0.255 e. The molecule has 0 saturated carbocycles. The van der Waals surface area contributed by atoms with Crippen molar-refractivity contribution >= 4 is 40.0 Å². The fraction of sp³-hybridized carbons (Fsp3) is 0.0500. The Morgan fingerprint density at radius 3 is 2.73 bits per heavy atom. The van der Waals surface area contributed by atoms with E-state index in [9.17, 15) is 4.79 Å². The second kappa shape index (κ2) is 6.87. The highest BCUT2D eigenvalue weighted by Crippen LogP contribution is 2.25. The summed E-state index contributed by atoms with van der Waals surface area (Å²) in [5.74, 6) is 0.519. The molecule has 0 atom stereocenters. The van der Waals surface area contributed by atoms with Crippen LogP contribution in [0.3, 0.4) is 0 Å². The summed E-state index contributed by atoms with van der Waals surface area (Å²) in [5.41, 5.74) is 4.14. The van der Waals surface area contributed by atoms with Crippen molar-refractivity contribution in [2.45, 2.75) is 6.92 Å². The average molecular weight is 454 g/mol. The maximum absolute atomic E-state index is 12.5. The molecule has 0 radical (unpaired) electrons. The van der Waals surface area contributed by atoms with Crippen molar-refractivity contribution in [3.63, 3.8) is 0 Å². The lowest BCUT2D eigenvalue weighted by molar-refractivity contribution is 0.102. The Kier molecular flexibility index (Phi) is 4.42. The number of fused-ring (bicyclic) bond motifs is 1. The highest BCUT2D eigenvalue weighted by molar-refractivity contribution is 14.1. The Labute approximate surface area is 164 Å². The predicted molar refractivity (Wildman–Crippen MR) is 110 cm³/mol. The van der Waals surface area contributed by atoms with Crippen LogP contribution in [-0.2, 0) is 0 Å². The molecule has 0 aliphatic heterocycles. The van der Waals surface area contributed by atoms with Crippen LogP contribution in [-0.4, -0.2) is 20.3 Å². The Balaban J connectivity index is 1.65. The first-order valence-electron chi connectivity index (χ1n) is 8.08. The molecule has 0 aliphatic rings. The van der Waals surface area contributed by atoms with Crippen molar-refractivity contribution < 1.29 is 4.79 Å². The summed E-state index contributed by atoms with van der Waals surface area (Å²) in [6.07, 6.45) is 5.55. The molecule has 0 bridgehead atoms. The van der Waals surface area contributed by atoms with Crippen molar-refractivity contribution in [2.24, 2.45) is 0 Å². The lowest BCUT2D eigenvalue weighted by Gasteiger charge is -2.10. The molecule has 2 heterocycles. The second-order valence-corrected chi connectivity index (χ2v) is 7.19. The summed E-state index contributed by atoms with van der Waals surface area (Å²) >= 11 is 2.22. The van der Waals surface area contributed by atoms with Crippen LogP contribution in [0.1, 0.15) is 15.9 Å². The van der Waals surface area contributed by atoms with E-state index in [0.29, 0.717) is 11.3 Å². The van der Waals surface area contributed by atoms with E-state index in [0.717, 1.165) is 26.1 Å². The number of carbonyl (C=O) groups excluding carboxylic acids is 1. The number of anilines is 1. The van der Waals surface area contributed by atoms with Crippen LogP contribution in [0, 0.1) is 10.5 Å². The molecule has 1 amide bonds. The average Bonchev–Trinajstić information content (AvgIpc) is 3.08. The second-order valence-electron chi connectivity index (χ2n) is 5.94. The zero-order chi connectivity index (χ0) is 18.1. The van der Waals surface area contributed by atoms with E-state index in [4.69, 9.17) is 0 Å². The molecule has 5 nitrogen and oxygen atoms in total. The third-order valence-corrected chi connectivity index (χ3v) is 4.84. The van der Waals surface area contributed by atoms with Gasteiger partial charge in [-0.1, -0.05) is 12.1 Å². The lowest BCUT2D eigenvalue weighted by Crippen LogP contribution is -2.12. The lowest BCUT2D eigenvalue weighted by atomic mass is 10.1. The maximum Gasteiger partial charge on any atom is 0.255 e. The third kappa shape index (κ3) is 3.32. The number of carbonyl (C=O) groups is 1. The molecule has 6 heteroatoms. The summed E-state index contributed by atoms with van der Waals surface area (Å²) in [6, 6.07) is 15.3. The van der Waals surface area contributed by atoms with E-state index in [1.807, 2.05) is 72.2 Å². The molecule has 128 valence electrons. The van der Waals surface area contributed by atoms with Gasteiger partial charge >= 0.3 is 0 Å². The van der Waals surface area contributed by atoms with Gasteiger partial charge in [-0.2, -0.15) is 0 Å². The predicted octanol–water partition coefficient (Wildman–Crippen LogP) is 4.56. The van der Waals surface area contributed by atoms with Crippen LogP contribution < -0.4 is 5.32 Å². The minimum atomic E-state index is -0.127. The molecule has 0 fully saturated rings. The molecule has 26 heavy (non-hydrogen) atoms. The standard InChI is InChI=1S/C20H15IN4O/c1-13-3-4-15(18-12-25-10-2-9-22-20(25)24-18)11-17(13)23-19(26)14-5-7-16(21)8-6-14/h2-12H,1H3,(H,23,26). The molecular formula is C20H15IN4O. The number of hydrogen-bond acceptors (Lipinski definition) is 3. The quantitative estimate of drug-likeness (QED) is 0.462. The number of imidazole rings is 1. The molecule has 1 N–H and O–H groups in total. The minimum Gasteiger partial charge on any atom is -0.322 e. The fourth-order valence-electron chi connectivity index (χ4n) is 2.68. The van der Waals surface area contributed by atoms with Crippen LogP contribution in [0.4, 0.5) is 5.69 Å². The van der Waals surface area contributed by atoms with Gasteiger partial charge in [-0.3, -0.25) is 9.20 Å². The third-order valence-electron chi connectivity index (χ3n) is 4.12. The molecule has 0 aliphatic carbocycles. The first-order valence-corrected chi connectivity index (χ1v) is 9.16. The molecule has 0 unspecified atom stereocenters. The van der Waals surface area contributed by atoms with E-state index >= 15 is 0 Å². The Morgan fingerprint density at radius 1 is 1.15 bits per heavy atom. The van der Waals surface area contributed by atoms with Gasteiger partial charge in [0.15, 0.2) is 0 Å². The van der Waals surface area contributed by atoms with Gasteiger partial charge in [0.1, 0.15) is 0 Å². The zero-order valence-electron chi connectivity index (χ0n) is 14.0.